The van der Waals surface area contributed by atoms with Gasteiger partial charge in [0.1, 0.15) is 0 Å². The molecule has 5 nitrogen and oxygen atoms in total. The molecule has 0 radical (unpaired) electrons. The summed E-state index contributed by atoms with van der Waals surface area (Å²) >= 11 is 0. The highest BCUT2D eigenvalue weighted by Gasteiger charge is 2.27. The predicted molar refractivity (Wildman–Crippen MR) is 103 cm³/mol. The number of benzene rings is 1. The van der Waals surface area contributed by atoms with E-state index in [1.165, 1.54) is 37.8 Å². The Hall–Kier alpha value is -1.82. The number of hydrogen-bond acceptors (Lipinski definition) is 3. The first kappa shape index (κ1) is 19.0. The van der Waals surface area contributed by atoms with Gasteiger partial charge in [-0.25, -0.2) is 9.38 Å². The van der Waals surface area contributed by atoms with E-state index in [1.54, 1.807) is 6.07 Å². The number of phenolic OH excluding ortho intramolecular Hbond substituents is 1. The summed E-state index contributed by atoms with van der Waals surface area (Å²) in [4.78, 5) is 7.24. The van der Waals surface area contributed by atoms with Crippen LogP contribution in [0.3, 0.4) is 0 Å². The molecule has 1 heterocycles. The molecule has 1 aromatic rings. The van der Waals surface area contributed by atoms with E-state index in [0.717, 1.165) is 50.0 Å². The Morgan fingerprint density at radius 3 is 2.62 bits per heavy atom. The fourth-order valence-corrected chi connectivity index (χ4v) is 4.01. The maximum absolute atomic E-state index is 13.5. The second kappa shape index (κ2) is 9.21. The molecule has 144 valence electrons. The number of piperidine rings is 1. The van der Waals surface area contributed by atoms with Crippen molar-refractivity contribution in [1.82, 2.24) is 15.5 Å². The van der Waals surface area contributed by atoms with Gasteiger partial charge < -0.3 is 20.6 Å². The fraction of sp³-hybridized carbons (Fsp3) is 0.650. The quantitative estimate of drug-likeness (QED) is 0.557. The lowest BCUT2D eigenvalue weighted by atomic mass is 10.0. The summed E-state index contributed by atoms with van der Waals surface area (Å²) in [6.07, 6.45) is 7.77. The molecule has 3 rings (SSSR count). The van der Waals surface area contributed by atoms with E-state index in [-0.39, 0.29) is 5.75 Å². The lowest BCUT2D eigenvalue weighted by Gasteiger charge is -2.36. The average molecular weight is 362 g/mol. The normalized spacial score (nSPS) is 20.5. The molecule has 1 aliphatic heterocycles. The lowest BCUT2D eigenvalue weighted by Crippen LogP contribution is -2.50. The van der Waals surface area contributed by atoms with Crippen molar-refractivity contribution in [3.05, 3.63) is 29.6 Å². The molecule has 0 spiro atoms. The predicted octanol–water partition coefficient (Wildman–Crippen LogP) is 2.99. The standard InChI is InChI=1S/C20H31FN4O/c1-2-22-20(23-14-15-7-8-19(26)18(21)13-15)24-16-9-11-25(12-10-16)17-5-3-4-6-17/h7-8,13,16-17,26H,2-6,9-12,14H2,1H3,(H2,22,23,24). The highest BCUT2D eigenvalue weighted by Crippen LogP contribution is 2.26. The highest BCUT2D eigenvalue weighted by molar-refractivity contribution is 5.80. The number of nitrogens with zero attached hydrogens (tertiary/aromatic N) is 2. The fourth-order valence-electron chi connectivity index (χ4n) is 4.01. The number of nitrogens with one attached hydrogen (secondary N) is 2. The minimum atomic E-state index is -0.602. The van der Waals surface area contributed by atoms with Crippen LogP contribution in [0.4, 0.5) is 4.39 Å². The maximum atomic E-state index is 13.5. The van der Waals surface area contributed by atoms with Crippen molar-refractivity contribution in [3.8, 4) is 5.75 Å². The van der Waals surface area contributed by atoms with Gasteiger partial charge in [0, 0.05) is 31.7 Å². The van der Waals surface area contributed by atoms with Crippen LogP contribution in [0.5, 0.6) is 5.75 Å². The average Bonchev–Trinajstić information content (AvgIpc) is 3.18. The first-order valence-electron chi connectivity index (χ1n) is 9.92. The summed E-state index contributed by atoms with van der Waals surface area (Å²) in [5, 5.41) is 16.1. The summed E-state index contributed by atoms with van der Waals surface area (Å²) in [7, 11) is 0. The Morgan fingerprint density at radius 1 is 1.23 bits per heavy atom. The van der Waals surface area contributed by atoms with E-state index >= 15 is 0 Å². The molecule has 0 atom stereocenters. The maximum Gasteiger partial charge on any atom is 0.191 e. The second-order valence-electron chi connectivity index (χ2n) is 7.37. The van der Waals surface area contributed by atoms with Gasteiger partial charge in [-0.05, 0) is 50.3 Å². The Morgan fingerprint density at radius 2 is 1.96 bits per heavy atom. The SMILES string of the molecule is CCNC(=NCc1ccc(O)c(F)c1)NC1CCN(C2CCCC2)CC1. The number of guanidine groups is 1. The van der Waals surface area contributed by atoms with Crippen LogP contribution in [0.25, 0.3) is 0 Å². The molecule has 1 aliphatic carbocycles. The second-order valence-corrected chi connectivity index (χ2v) is 7.37. The van der Waals surface area contributed by atoms with Crippen molar-refractivity contribution >= 4 is 5.96 Å². The first-order valence-corrected chi connectivity index (χ1v) is 9.92. The zero-order valence-corrected chi connectivity index (χ0v) is 15.7. The Labute approximate surface area is 155 Å². The van der Waals surface area contributed by atoms with Crippen molar-refractivity contribution in [2.75, 3.05) is 19.6 Å². The smallest absolute Gasteiger partial charge is 0.191 e. The zero-order chi connectivity index (χ0) is 18.4. The number of rotatable bonds is 5. The number of hydrogen-bond donors (Lipinski definition) is 3. The van der Waals surface area contributed by atoms with Gasteiger partial charge in [-0.15, -0.1) is 0 Å². The van der Waals surface area contributed by atoms with Gasteiger partial charge in [0.15, 0.2) is 17.5 Å². The van der Waals surface area contributed by atoms with Gasteiger partial charge >= 0.3 is 0 Å². The summed E-state index contributed by atoms with van der Waals surface area (Å²) in [5.41, 5.74) is 0.744. The third kappa shape index (κ3) is 5.10. The van der Waals surface area contributed by atoms with Gasteiger partial charge in [-0.2, -0.15) is 0 Å². The van der Waals surface area contributed by atoms with Gasteiger partial charge in [0.05, 0.1) is 6.54 Å². The van der Waals surface area contributed by atoms with Crippen LogP contribution in [0.15, 0.2) is 23.2 Å². The van der Waals surface area contributed by atoms with E-state index in [9.17, 15) is 9.50 Å². The molecule has 26 heavy (non-hydrogen) atoms. The Kier molecular flexibility index (Phi) is 6.72. The third-order valence-electron chi connectivity index (χ3n) is 5.49. The molecule has 3 N–H and O–H groups in total. The summed E-state index contributed by atoms with van der Waals surface area (Å²) in [6.45, 7) is 5.53. The molecule has 2 aliphatic rings. The van der Waals surface area contributed by atoms with E-state index in [1.807, 2.05) is 6.92 Å². The molecule has 0 amide bonds. The number of halogens is 1. The van der Waals surface area contributed by atoms with Crippen LogP contribution >= 0.6 is 0 Å². The van der Waals surface area contributed by atoms with Crippen molar-refractivity contribution in [2.24, 2.45) is 4.99 Å². The van der Waals surface area contributed by atoms with Gasteiger partial charge in [0.2, 0.25) is 0 Å². The minimum Gasteiger partial charge on any atom is -0.505 e. The Balaban J connectivity index is 1.52. The molecule has 0 bridgehead atoms. The van der Waals surface area contributed by atoms with Gasteiger partial charge in [0.25, 0.3) is 0 Å². The summed E-state index contributed by atoms with van der Waals surface area (Å²) < 4.78 is 13.5. The molecule has 1 saturated carbocycles. The molecule has 0 aromatic heterocycles. The van der Waals surface area contributed by atoms with E-state index in [0.29, 0.717) is 12.6 Å². The molecule has 2 fully saturated rings. The largest absolute Gasteiger partial charge is 0.505 e. The molecule has 6 heteroatoms. The highest BCUT2D eigenvalue weighted by atomic mass is 19.1. The van der Waals surface area contributed by atoms with Crippen LogP contribution in [0.2, 0.25) is 0 Å². The topological polar surface area (TPSA) is 59.9 Å². The number of aromatic hydroxyl groups is 1. The number of aliphatic imine (C=N–C) groups is 1. The summed E-state index contributed by atoms with van der Waals surface area (Å²) in [6, 6.07) is 5.65. The minimum absolute atomic E-state index is 0.322. The summed E-state index contributed by atoms with van der Waals surface area (Å²) in [5.74, 6) is -0.146. The van der Waals surface area contributed by atoms with Crippen LogP contribution in [0, 0.1) is 5.82 Å². The van der Waals surface area contributed by atoms with Gasteiger partial charge in [-0.1, -0.05) is 18.9 Å². The molecule has 1 saturated heterocycles. The first-order chi connectivity index (χ1) is 12.7. The molecular formula is C20H31FN4O. The van der Waals surface area contributed by atoms with Crippen molar-refractivity contribution < 1.29 is 9.50 Å². The third-order valence-corrected chi connectivity index (χ3v) is 5.49. The van der Waals surface area contributed by atoms with Crippen LogP contribution < -0.4 is 10.6 Å². The Bertz CT molecular complexity index is 608. The number of phenols is 1. The van der Waals surface area contributed by atoms with Crippen molar-refractivity contribution in [2.45, 2.75) is 64.1 Å². The van der Waals surface area contributed by atoms with Crippen LogP contribution in [-0.4, -0.2) is 47.7 Å². The molecule has 1 aromatic carbocycles. The van der Waals surface area contributed by atoms with E-state index in [4.69, 9.17) is 0 Å². The number of likely N-dealkylation sites (tertiary alicyclic amines) is 1. The van der Waals surface area contributed by atoms with Crippen molar-refractivity contribution in [3.63, 3.8) is 0 Å². The van der Waals surface area contributed by atoms with Crippen LogP contribution in [-0.2, 0) is 6.54 Å². The zero-order valence-electron chi connectivity index (χ0n) is 15.7. The van der Waals surface area contributed by atoms with Crippen LogP contribution in [0.1, 0.15) is 51.0 Å². The lowest BCUT2D eigenvalue weighted by molar-refractivity contribution is 0.150. The molecular weight excluding hydrogens is 331 g/mol. The monoisotopic (exact) mass is 362 g/mol. The molecule has 0 unspecified atom stereocenters. The van der Waals surface area contributed by atoms with Gasteiger partial charge in [-0.3, -0.25) is 0 Å². The van der Waals surface area contributed by atoms with E-state index < -0.39 is 5.82 Å². The van der Waals surface area contributed by atoms with E-state index in [2.05, 4.69) is 20.5 Å². The van der Waals surface area contributed by atoms with Crippen molar-refractivity contribution in [1.29, 1.82) is 0 Å².